The molecule has 8 heteroatoms. The first-order valence-corrected chi connectivity index (χ1v) is 11.9. The Morgan fingerprint density at radius 3 is 2.56 bits per heavy atom. The number of fused-ring (bicyclic) bond motifs is 1. The molecule has 0 radical (unpaired) electrons. The van der Waals surface area contributed by atoms with Gasteiger partial charge < -0.3 is 29.4 Å². The van der Waals surface area contributed by atoms with Gasteiger partial charge in [0.1, 0.15) is 0 Å². The van der Waals surface area contributed by atoms with Crippen molar-refractivity contribution < 1.29 is 14.2 Å². The van der Waals surface area contributed by atoms with Gasteiger partial charge in [0.25, 0.3) is 5.56 Å². The third kappa shape index (κ3) is 5.18. The van der Waals surface area contributed by atoms with Gasteiger partial charge in [0.05, 0.1) is 32.4 Å². The van der Waals surface area contributed by atoms with Crippen LogP contribution in [0.5, 0.6) is 11.5 Å². The minimum Gasteiger partial charge on any atom is -0.493 e. The zero-order chi connectivity index (χ0) is 22.5. The number of benzene rings is 1. The maximum absolute atomic E-state index is 13.0. The number of thiocarbonyl (C=S) groups is 1. The van der Waals surface area contributed by atoms with Crippen molar-refractivity contribution in [3.63, 3.8) is 0 Å². The molecule has 2 aliphatic rings. The highest BCUT2D eigenvalue weighted by Crippen LogP contribution is 2.31. The van der Waals surface area contributed by atoms with Crippen molar-refractivity contribution in [1.82, 2.24) is 15.2 Å². The SMILES string of the molecule is COc1cc2cc(CN(C(=S)NC[C@@H]3CCCO3)C3CCCCC3)c(=O)[nH]c2cc1OC. The number of pyridine rings is 1. The van der Waals surface area contributed by atoms with Crippen molar-refractivity contribution in [3.8, 4) is 11.5 Å². The van der Waals surface area contributed by atoms with Crippen LogP contribution in [0, 0.1) is 0 Å². The molecule has 0 bridgehead atoms. The normalized spacial score (nSPS) is 19.1. The van der Waals surface area contributed by atoms with Gasteiger partial charge in [-0.25, -0.2) is 0 Å². The van der Waals surface area contributed by atoms with Crippen LogP contribution in [0.3, 0.4) is 0 Å². The van der Waals surface area contributed by atoms with Crippen LogP contribution in [0.15, 0.2) is 23.0 Å². The molecule has 1 aromatic carbocycles. The molecule has 2 aromatic rings. The molecule has 1 saturated heterocycles. The molecule has 2 fully saturated rings. The van der Waals surface area contributed by atoms with Gasteiger partial charge in [0.2, 0.25) is 0 Å². The summed E-state index contributed by atoms with van der Waals surface area (Å²) in [5, 5.41) is 5.03. The van der Waals surface area contributed by atoms with Crippen LogP contribution in [0.2, 0.25) is 0 Å². The van der Waals surface area contributed by atoms with E-state index in [1.165, 1.54) is 19.3 Å². The van der Waals surface area contributed by atoms with Gasteiger partial charge in [-0.1, -0.05) is 19.3 Å². The van der Waals surface area contributed by atoms with Crippen molar-refractivity contribution in [2.24, 2.45) is 0 Å². The molecule has 0 spiro atoms. The van der Waals surface area contributed by atoms with Crippen LogP contribution in [0.4, 0.5) is 0 Å². The third-order valence-electron chi connectivity index (χ3n) is 6.55. The Balaban J connectivity index is 1.59. The molecule has 1 aromatic heterocycles. The van der Waals surface area contributed by atoms with Gasteiger partial charge in [-0.15, -0.1) is 0 Å². The van der Waals surface area contributed by atoms with Crippen molar-refractivity contribution in [2.45, 2.75) is 63.6 Å². The largest absolute Gasteiger partial charge is 0.493 e. The summed E-state index contributed by atoms with van der Waals surface area (Å²) in [5.74, 6) is 1.22. The maximum atomic E-state index is 13.0. The second-order valence-electron chi connectivity index (χ2n) is 8.66. The summed E-state index contributed by atoms with van der Waals surface area (Å²) >= 11 is 5.81. The number of nitrogens with one attached hydrogen (secondary N) is 2. The summed E-state index contributed by atoms with van der Waals surface area (Å²) in [6, 6.07) is 5.97. The summed E-state index contributed by atoms with van der Waals surface area (Å²) in [7, 11) is 3.20. The number of methoxy groups -OCH3 is 2. The molecular formula is C24H33N3O4S. The average Bonchev–Trinajstić information content (AvgIpc) is 3.34. The number of aromatic amines is 1. The van der Waals surface area contributed by atoms with Gasteiger partial charge in [0.15, 0.2) is 16.6 Å². The summed E-state index contributed by atoms with van der Waals surface area (Å²) < 4.78 is 16.5. The first-order valence-electron chi connectivity index (χ1n) is 11.5. The highest BCUT2D eigenvalue weighted by molar-refractivity contribution is 7.80. The molecule has 7 nitrogen and oxygen atoms in total. The lowest BCUT2D eigenvalue weighted by Crippen LogP contribution is -2.48. The molecule has 0 amide bonds. The minimum absolute atomic E-state index is 0.104. The highest BCUT2D eigenvalue weighted by Gasteiger charge is 2.25. The Morgan fingerprint density at radius 2 is 1.88 bits per heavy atom. The lowest BCUT2D eigenvalue weighted by molar-refractivity contribution is 0.112. The van der Waals surface area contributed by atoms with E-state index in [1.807, 2.05) is 12.1 Å². The first-order chi connectivity index (χ1) is 15.6. The van der Waals surface area contributed by atoms with E-state index < -0.39 is 0 Å². The number of ether oxygens (including phenoxy) is 3. The number of nitrogens with zero attached hydrogens (tertiary/aromatic N) is 1. The molecule has 1 aliphatic heterocycles. The molecular weight excluding hydrogens is 426 g/mol. The fourth-order valence-corrected chi connectivity index (χ4v) is 5.04. The average molecular weight is 460 g/mol. The fourth-order valence-electron chi connectivity index (χ4n) is 4.75. The maximum Gasteiger partial charge on any atom is 0.253 e. The van der Waals surface area contributed by atoms with E-state index in [-0.39, 0.29) is 11.7 Å². The van der Waals surface area contributed by atoms with Gasteiger partial charge >= 0.3 is 0 Å². The van der Waals surface area contributed by atoms with Crippen molar-refractivity contribution in [3.05, 3.63) is 34.1 Å². The van der Waals surface area contributed by atoms with Crippen LogP contribution in [-0.2, 0) is 11.3 Å². The Labute approximate surface area is 194 Å². The number of hydrogen-bond acceptors (Lipinski definition) is 5. The second kappa shape index (κ2) is 10.5. The van der Waals surface area contributed by atoms with Gasteiger partial charge in [-0.2, -0.15) is 0 Å². The predicted octanol–water partition coefficient (Wildman–Crippen LogP) is 3.73. The van der Waals surface area contributed by atoms with E-state index in [2.05, 4.69) is 15.2 Å². The Kier molecular flexibility index (Phi) is 7.52. The van der Waals surface area contributed by atoms with Crippen LogP contribution in [0.25, 0.3) is 10.9 Å². The molecule has 174 valence electrons. The lowest BCUT2D eigenvalue weighted by Gasteiger charge is -2.36. The monoisotopic (exact) mass is 459 g/mol. The first kappa shape index (κ1) is 22.9. The van der Waals surface area contributed by atoms with E-state index >= 15 is 0 Å². The molecule has 2 N–H and O–H groups in total. The highest BCUT2D eigenvalue weighted by atomic mass is 32.1. The summed E-state index contributed by atoms with van der Waals surface area (Å²) in [5.41, 5.74) is 1.31. The summed E-state index contributed by atoms with van der Waals surface area (Å²) in [6.45, 7) is 2.01. The van der Waals surface area contributed by atoms with Crippen LogP contribution < -0.4 is 20.3 Å². The van der Waals surface area contributed by atoms with Crippen molar-refractivity contribution >= 4 is 28.2 Å². The van der Waals surface area contributed by atoms with Crippen LogP contribution >= 0.6 is 12.2 Å². The lowest BCUT2D eigenvalue weighted by atomic mass is 9.94. The zero-order valence-electron chi connectivity index (χ0n) is 18.9. The van der Waals surface area contributed by atoms with E-state index in [0.717, 1.165) is 43.2 Å². The third-order valence-corrected chi connectivity index (χ3v) is 6.93. The van der Waals surface area contributed by atoms with Gasteiger partial charge in [0, 0.05) is 36.2 Å². The van der Waals surface area contributed by atoms with Gasteiger partial charge in [-0.05, 0) is 50.0 Å². The van der Waals surface area contributed by atoms with E-state index in [0.29, 0.717) is 41.3 Å². The molecule has 1 atom stereocenters. The molecule has 1 aliphatic carbocycles. The Hall–Kier alpha value is -2.32. The number of aromatic nitrogens is 1. The fraction of sp³-hybridized carbons (Fsp3) is 0.583. The predicted molar refractivity (Wildman–Crippen MR) is 130 cm³/mol. The van der Waals surface area contributed by atoms with Crippen molar-refractivity contribution in [1.29, 1.82) is 0 Å². The van der Waals surface area contributed by atoms with Gasteiger partial charge in [-0.3, -0.25) is 4.79 Å². The van der Waals surface area contributed by atoms with E-state index in [4.69, 9.17) is 26.4 Å². The molecule has 4 rings (SSSR count). The topological polar surface area (TPSA) is 75.8 Å². The molecule has 1 saturated carbocycles. The Morgan fingerprint density at radius 1 is 1.12 bits per heavy atom. The van der Waals surface area contributed by atoms with Crippen LogP contribution in [0.1, 0.15) is 50.5 Å². The minimum atomic E-state index is -0.104. The molecule has 2 heterocycles. The number of rotatable bonds is 7. The number of H-pyrrole nitrogens is 1. The molecule has 32 heavy (non-hydrogen) atoms. The summed E-state index contributed by atoms with van der Waals surface area (Å²) in [4.78, 5) is 18.2. The second-order valence-corrected chi connectivity index (χ2v) is 9.05. The van der Waals surface area contributed by atoms with E-state index in [1.54, 1.807) is 20.3 Å². The number of hydrogen-bond donors (Lipinski definition) is 2. The zero-order valence-corrected chi connectivity index (χ0v) is 19.8. The van der Waals surface area contributed by atoms with Crippen molar-refractivity contribution in [2.75, 3.05) is 27.4 Å². The molecule has 0 unspecified atom stereocenters. The standard InChI is InChI=1S/C24H33N3O4S/c1-29-21-12-16-11-17(23(28)26-20(16)13-22(21)30-2)15-27(18-7-4-3-5-8-18)24(32)25-14-19-9-6-10-31-19/h11-13,18-19H,3-10,14-15H2,1-2H3,(H,25,32)(H,26,28)/t19-/m0/s1. The smallest absolute Gasteiger partial charge is 0.253 e. The Bertz CT molecular complexity index is 997. The van der Waals surface area contributed by atoms with Crippen LogP contribution in [-0.4, -0.2) is 54.5 Å². The summed E-state index contributed by atoms with van der Waals surface area (Å²) in [6.07, 6.45) is 8.23. The van der Waals surface area contributed by atoms with E-state index in [9.17, 15) is 4.79 Å². The quantitative estimate of drug-likeness (QED) is 0.611.